The fraction of sp³-hybridized carbons (Fsp3) is 0.364. The number of carbonyl (C=O) groups excluding carboxylic acids is 1. The SMILES string of the molecule is Cc1nn(CCCNC(=O)c2[nH]ncc2[N+](=O)[O-])c(Cl)c1Cl. The maximum atomic E-state index is 11.8. The summed E-state index contributed by atoms with van der Waals surface area (Å²) in [7, 11) is 0. The summed E-state index contributed by atoms with van der Waals surface area (Å²) in [4.78, 5) is 21.8. The molecule has 0 aliphatic rings. The number of halogens is 2. The van der Waals surface area contributed by atoms with Crippen molar-refractivity contribution in [2.45, 2.75) is 19.9 Å². The Morgan fingerprint density at radius 3 is 2.86 bits per heavy atom. The van der Waals surface area contributed by atoms with Crippen LogP contribution in [0.3, 0.4) is 0 Å². The second-order valence-electron chi connectivity index (χ2n) is 4.41. The first-order chi connectivity index (χ1) is 10.4. The number of H-pyrrole nitrogens is 1. The number of hydrogen-bond donors (Lipinski definition) is 2. The molecule has 0 radical (unpaired) electrons. The average molecular weight is 347 g/mol. The number of aryl methyl sites for hydroxylation is 2. The summed E-state index contributed by atoms with van der Waals surface area (Å²) in [5, 5.41) is 23.9. The van der Waals surface area contributed by atoms with Crippen LogP contribution in [0.4, 0.5) is 5.69 Å². The number of hydrogen-bond acceptors (Lipinski definition) is 5. The molecule has 0 atom stereocenters. The zero-order chi connectivity index (χ0) is 16.3. The van der Waals surface area contributed by atoms with E-state index in [9.17, 15) is 14.9 Å². The van der Waals surface area contributed by atoms with Crippen molar-refractivity contribution in [2.24, 2.45) is 0 Å². The first kappa shape index (κ1) is 16.2. The average Bonchev–Trinajstić information content (AvgIpc) is 3.05. The molecule has 0 unspecified atom stereocenters. The molecule has 0 fully saturated rings. The third-order valence-corrected chi connectivity index (χ3v) is 3.80. The van der Waals surface area contributed by atoms with Gasteiger partial charge in [-0.3, -0.25) is 24.7 Å². The van der Waals surface area contributed by atoms with Crippen LogP contribution in [0.15, 0.2) is 6.20 Å². The first-order valence-corrected chi connectivity index (χ1v) is 7.01. The lowest BCUT2D eigenvalue weighted by Crippen LogP contribution is -2.26. The van der Waals surface area contributed by atoms with Gasteiger partial charge < -0.3 is 5.32 Å². The number of nitrogens with zero attached hydrogens (tertiary/aromatic N) is 4. The van der Waals surface area contributed by atoms with Crippen LogP contribution >= 0.6 is 23.2 Å². The highest BCUT2D eigenvalue weighted by molar-refractivity contribution is 6.41. The second-order valence-corrected chi connectivity index (χ2v) is 5.15. The smallest absolute Gasteiger partial charge is 0.319 e. The molecule has 0 saturated heterocycles. The normalized spacial score (nSPS) is 10.7. The number of carbonyl (C=O) groups is 1. The van der Waals surface area contributed by atoms with E-state index in [2.05, 4.69) is 20.6 Å². The lowest BCUT2D eigenvalue weighted by atomic mass is 10.3. The minimum absolute atomic E-state index is 0.180. The molecule has 0 aliphatic heterocycles. The van der Waals surface area contributed by atoms with Crippen molar-refractivity contribution in [3.8, 4) is 0 Å². The molecule has 9 nitrogen and oxygen atoms in total. The van der Waals surface area contributed by atoms with E-state index in [0.29, 0.717) is 35.4 Å². The zero-order valence-electron chi connectivity index (χ0n) is 11.5. The molecular formula is C11H12Cl2N6O3. The summed E-state index contributed by atoms with van der Waals surface area (Å²) < 4.78 is 1.53. The van der Waals surface area contributed by atoms with Crippen LogP contribution in [0.5, 0.6) is 0 Å². The number of amides is 1. The maximum absolute atomic E-state index is 11.8. The predicted octanol–water partition coefficient (Wildman–Crippen LogP) is 1.95. The Morgan fingerprint density at radius 2 is 2.27 bits per heavy atom. The van der Waals surface area contributed by atoms with E-state index < -0.39 is 10.8 Å². The molecule has 11 heteroatoms. The van der Waals surface area contributed by atoms with Gasteiger partial charge in [0.2, 0.25) is 5.69 Å². The van der Waals surface area contributed by atoms with Gasteiger partial charge in [-0.25, -0.2) is 0 Å². The molecule has 2 aromatic heterocycles. The quantitative estimate of drug-likeness (QED) is 0.470. The highest BCUT2D eigenvalue weighted by Gasteiger charge is 2.22. The summed E-state index contributed by atoms with van der Waals surface area (Å²) in [6, 6.07) is 0. The van der Waals surface area contributed by atoms with Gasteiger partial charge in [0.15, 0.2) is 0 Å². The first-order valence-electron chi connectivity index (χ1n) is 6.26. The largest absolute Gasteiger partial charge is 0.350 e. The molecule has 2 aromatic rings. The standard InChI is InChI=1S/C11H12Cl2N6O3/c1-6-8(12)10(13)18(17-6)4-2-3-14-11(20)9-7(19(21)22)5-15-16-9/h5H,2-4H2,1H3,(H,14,20)(H,15,16). The highest BCUT2D eigenvalue weighted by Crippen LogP contribution is 2.24. The van der Waals surface area contributed by atoms with Crippen molar-refractivity contribution >= 4 is 34.8 Å². The van der Waals surface area contributed by atoms with Gasteiger partial charge in [-0.05, 0) is 13.3 Å². The Bertz CT molecular complexity index is 711. The molecule has 22 heavy (non-hydrogen) atoms. The van der Waals surface area contributed by atoms with Gasteiger partial charge in [0.1, 0.15) is 16.4 Å². The van der Waals surface area contributed by atoms with Crippen molar-refractivity contribution in [3.63, 3.8) is 0 Å². The number of aromatic amines is 1. The lowest BCUT2D eigenvalue weighted by molar-refractivity contribution is -0.385. The molecule has 0 aliphatic carbocycles. The highest BCUT2D eigenvalue weighted by atomic mass is 35.5. The third-order valence-electron chi connectivity index (χ3n) is 2.87. The van der Waals surface area contributed by atoms with Crippen LogP contribution in [0.2, 0.25) is 10.2 Å². The fourth-order valence-electron chi connectivity index (χ4n) is 1.78. The van der Waals surface area contributed by atoms with Crippen LogP contribution in [-0.2, 0) is 6.54 Å². The second kappa shape index (κ2) is 6.75. The molecule has 0 saturated carbocycles. The molecule has 118 valence electrons. The number of nitrogens with one attached hydrogen (secondary N) is 2. The van der Waals surface area contributed by atoms with E-state index in [-0.39, 0.29) is 11.4 Å². The molecule has 0 bridgehead atoms. The zero-order valence-corrected chi connectivity index (χ0v) is 13.0. The van der Waals surface area contributed by atoms with Gasteiger partial charge in [0.25, 0.3) is 5.91 Å². The van der Waals surface area contributed by atoms with E-state index in [0.717, 1.165) is 6.20 Å². The van der Waals surface area contributed by atoms with Gasteiger partial charge in [0.05, 0.1) is 10.6 Å². The van der Waals surface area contributed by atoms with Crippen molar-refractivity contribution < 1.29 is 9.72 Å². The van der Waals surface area contributed by atoms with E-state index in [4.69, 9.17) is 23.2 Å². The molecule has 2 N–H and O–H groups in total. The monoisotopic (exact) mass is 346 g/mol. The van der Waals surface area contributed by atoms with Crippen LogP contribution in [0.25, 0.3) is 0 Å². The van der Waals surface area contributed by atoms with Gasteiger partial charge in [-0.1, -0.05) is 23.2 Å². The summed E-state index contributed by atoms with van der Waals surface area (Å²) >= 11 is 11.9. The van der Waals surface area contributed by atoms with Crippen LogP contribution < -0.4 is 5.32 Å². The molecule has 2 heterocycles. The van der Waals surface area contributed by atoms with Crippen molar-refractivity contribution in [3.05, 3.63) is 37.9 Å². The van der Waals surface area contributed by atoms with Gasteiger partial charge in [0, 0.05) is 13.1 Å². The Balaban J connectivity index is 1.86. The Morgan fingerprint density at radius 1 is 1.55 bits per heavy atom. The molecule has 1 amide bonds. The van der Waals surface area contributed by atoms with Gasteiger partial charge in [-0.2, -0.15) is 10.2 Å². The molecule has 0 spiro atoms. The van der Waals surface area contributed by atoms with Gasteiger partial charge in [-0.15, -0.1) is 0 Å². The van der Waals surface area contributed by atoms with Crippen LogP contribution in [0.1, 0.15) is 22.6 Å². The minimum Gasteiger partial charge on any atom is -0.350 e. The molecule has 2 rings (SSSR count). The summed E-state index contributed by atoms with van der Waals surface area (Å²) in [6.07, 6.45) is 1.52. The van der Waals surface area contributed by atoms with Crippen molar-refractivity contribution in [1.29, 1.82) is 0 Å². The fourth-order valence-corrected chi connectivity index (χ4v) is 2.18. The molecule has 0 aromatic carbocycles. The Hall–Kier alpha value is -2.13. The van der Waals surface area contributed by atoms with E-state index >= 15 is 0 Å². The number of rotatable bonds is 6. The summed E-state index contributed by atoms with van der Waals surface area (Å²) in [5.41, 5.74) is 0.0832. The Kier molecular flexibility index (Phi) is 4.99. The van der Waals surface area contributed by atoms with E-state index in [1.807, 2.05) is 0 Å². The van der Waals surface area contributed by atoms with Crippen molar-refractivity contribution in [1.82, 2.24) is 25.3 Å². The topological polar surface area (TPSA) is 119 Å². The Labute approximate surface area is 134 Å². The van der Waals surface area contributed by atoms with Crippen molar-refractivity contribution in [2.75, 3.05) is 6.54 Å². The summed E-state index contributed by atoms with van der Waals surface area (Å²) in [6.45, 7) is 2.49. The number of aromatic nitrogens is 4. The minimum atomic E-state index is -0.674. The maximum Gasteiger partial charge on any atom is 0.319 e. The van der Waals surface area contributed by atoms with Crippen LogP contribution in [0, 0.1) is 17.0 Å². The van der Waals surface area contributed by atoms with Gasteiger partial charge >= 0.3 is 5.69 Å². The van der Waals surface area contributed by atoms with Crippen LogP contribution in [-0.4, -0.2) is 37.4 Å². The molecular weight excluding hydrogens is 335 g/mol. The third kappa shape index (κ3) is 3.37. The predicted molar refractivity (Wildman–Crippen MR) is 79.2 cm³/mol. The lowest BCUT2D eigenvalue weighted by Gasteiger charge is -2.05. The van der Waals surface area contributed by atoms with E-state index in [1.165, 1.54) is 4.68 Å². The number of nitro groups is 1. The summed E-state index contributed by atoms with van der Waals surface area (Å²) in [5.74, 6) is -0.593. The van der Waals surface area contributed by atoms with E-state index in [1.54, 1.807) is 6.92 Å².